The summed E-state index contributed by atoms with van der Waals surface area (Å²) < 4.78 is 0. The molecule has 0 spiro atoms. The van der Waals surface area contributed by atoms with Gasteiger partial charge in [0.25, 0.3) is 0 Å². The van der Waals surface area contributed by atoms with Crippen molar-refractivity contribution in [2.24, 2.45) is 5.92 Å². The van der Waals surface area contributed by atoms with Crippen molar-refractivity contribution in [2.45, 2.75) is 57.7 Å². The van der Waals surface area contributed by atoms with Gasteiger partial charge in [0.05, 0.1) is 0 Å². The van der Waals surface area contributed by atoms with Crippen molar-refractivity contribution in [3.8, 4) is 0 Å². The zero-order valence-corrected chi connectivity index (χ0v) is 12.9. The molecule has 1 aromatic rings. The fraction of sp³-hybridized carbons (Fsp3) is 0.667. The third-order valence-electron chi connectivity index (χ3n) is 4.35. The number of nitrogens with zero attached hydrogens (tertiary/aromatic N) is 1. The first-order valence-electron chi connectivity index (χ1n) is 8.28. The highest BCUT2D eigenvalue weighted by Gasteiger charge is 2.35. The lowest BCUT2D eigenvalue weighted by Crippen LogP contribution is -2.40. The van der Waals surface area contributed by atoms with E-state index in [1.807, 2.05) is 0 Å². The van der Waals surface area contributed by atoms with E-state index < -0.39 is 0 Å². The number of hydrogen-bond acceptors (Lipinski definition) is 2. The van der Waals surface area contributed by atoms with E-state index in [1.54, 1.807) is 0 Å². The van der Waals surface area contributed by atoms with Crippen molar-refractivity contribution < 1.29 is 0 Å². The monoisotopic (exact) mass is 272 g/mol. The predicted molar refractivity (Wildman–Crippen MR) is 84.8 cm³/mol. The fourth-order valence-electron chi connectivity index (χ4n) is 3.03. The first-order valence-corrected chi connectivity index (χ1v) is 8.28. The number of nitrogens with one attached hydrogen (secondary N) is 1. The normalized spacial score (nSPS) is 20.6. The number of hydrogen-bond donors (Lipinski definition) is 1. The van der Waals surface area contributed by atoms with Gasteiger partial charge in [0.1, 0.15) is 0 Å². The highest BCUT2D eigenvalue weighted by Crippen LogP contribution is 2.35. The van der Waals surface area contributed by atoms with Gasteiger partial charge in [-0.2, -0.15) is 0 Å². The molecule has 2 saturated carbocycles. The molecule has 1 unspecified atom stereocenters. The van der Waals surface area contributed by atoms with Gasteiger partial charge in [0.2, 0.25) is 0 Å². The molecule has 2 aliphatic rings. The quantitative estimate of drug-likeness (QED) is 0.778. The lowest BCUT2D eigenvalue weighted by Gasteiger charge is -2.34. The summed E-state index contributed by atoms with van der Waals surface area (Å²) in [5.74, 6) is 0.739. The molecule has 2 heteroatoms. The van der Waals surface area contributed by atoms with Gasteiger partial charge in [-0.25, -0.2) is 0 Å². The Hall–Kier alpha value is -0.860. The summed E-state index contributed by atoms with van der Waals surface area (Å²) in [6.07, 6.45) is 5.52. The van der Waals surface area contributed by atoms with Crippen molar-refractivity contribution in [3.05, 3.63) is 35.9 Å². The Balaban J connectivity index is 1.74. The maximum atomic E-state index is 3.75. The molecule has 0 amide bonds. The van der Waals surface area contributed by atoms with Crippen LogP contribution in [-0.2, 0) is 0 Å². The van der Waals surface area contributed by atoms with E-state index in [4.69, 9.17) is 0 Å². The second-order valence-electron chi connectivity index (χ2n) is 6.93. The van der Waals surface area contributed by atoms with E-state index in [1.165, 1.54) is 37.8 Å². The second kappa shape index (κ2) is 6.28. The van der Waals surface area contributed by atoms with Gasteiger partial charge < -0.3 is 5.32 Å². The van der Waals surface area contributed by atoms with Crippen molar-refractivity contribution in [2.75, 3.05) is 13.1 Å². The first-order chi connectivity index (χ1) is 9.74. The Morgan fingerprint density at radius 2 is 1.80 bits per heavy atom. The van der Waals surface area contributed by atoms with E-state index in [-0.39, 0.29) is 0 Å². The molecule has 1 aromatic carbocycles. The van der Waals surface area contributed by atoms with Crippen LogP contribution in [0.2, 0.25) is 0 Å². The summed E-state index contributed by atoms with van der Waals surface area (Å²) in [6, 6.07) is 13.2. The fourth-order valence-corrected chi connectivity index (χ4v) is 3.03. The molecule has 20 heavy (non-hydrogen) atoms. The van der Waals surface area contributed by atoms with Crippen LogP contribution in [0.25, 0.3) is 0 Å². The average molecular weight is 272 g/mol. The Kier molecular flexibility index (Phi) is 4.42. The summed E-state index contributed by atoms with van der Waals surface area (Å²) >= 11 is 0. The third-order valence-corrected chi connectivity index (χ3v) is 4.35. The number of benzene rings is 1. The van der Waals surface area contributed by atoms with Gasteiger partial charge in [-0.1, -0.05) is 44.2 Å². The van der Waals surface area contributed by atoms with Gasteiger partial charge in [-0.15, -0.1) is 0 Å². The van der Waals surface area contributed by atoms with Gasteiger partial charge in [0.15, 0.2) is 0 Å². The van der Waals surface area contributed by atoms with Crippen LogP contribution >= 0.6 is 0 Å². The zero-order valence-electron chi connectivity index (χ0n) is 12.9. The summed E-state index contributed by atoms with van der Waals surface area (Å²) in [5, 5.41) is 3.75. The molecule has 0 saturated heterocycles. The van der Waals surface area contributed by atoms with E-state index in [0.29, 0.717) is 6.04 Å². The molecule has 1 N–H and O–H groups in total. The first kappa shape index (κ1) is 14.1. The van der Waals surface area contributed by atoms with E-state index in [9.17, 15) is 0 Å². The summed E-state index contributed by atoms with van der Waals surface area (Å²) in [4.78, 5) is 2.76. The van der Waals surface area contributed by atoms with Crippen molar-refractivity contribution in [3.63, 3.8) is 0 Å². The van der Waals surface area contributed by atoms with Crippen LogP contribution in [0.15, 0.2) is 30.3 Å². The summed E-state index contributed by atoms with van der Waals surface area (Å²) in [5.41, 5.74) is 1.48. The molecule has 0 aliphatic heterocycles. The van der Waals surface area contributed by atoms with E-state index >= 15 is 0 Å². The highest BCUT2D eigenvalue weighted by atomic mass is 15.2. The Bertz CT molecular complexity index is 407. The molecule has 3 rings (SSSR count). The lowest BCUT2D eigenvalue weighted by molar-refractivity contribution is 0.162. The highest BCUT2D eigenvalue weighted by molar-refractivity contribution is 5.20. The SMILES string of the molecule is CC(C)CN(C1CC1)C(CNC1CC1)c1ccccc1. The molecule has 0 radical (unpaired) electrons. The maximum absolute atomic E-state index is 3.75. The second-order valence-corrected chi connectivity index (χ2v) is 6.93. The molecular formula is C18H28N2. The molecule has 1 atom stereocenters. The van der Waals surface area contributed by atoms with Gasteiger partial charge >= 0.3 is 0 Å². The van der Waals surface area contributed by atoms with Gasteiger partial charge in [-0.3, -0.25) is 4.90 Å². The Morgan fingerprint density at radius 1 is 1.10 bits per heavy atom. The molecule has 110 valence electrons. The standard InChI is InChI=1S/C18H28N2/c1-14(2)13-20(17-10-11-17)18(12-19-16-8-9-16)15-6-4-3-5-7-15/h3-7,14,16-19H,8-13H2,1-2H3. The van der Waals surface area contributed by atoms with Gasteiger partial charge in [0, 0.05) is 31.2 Å². The maximum Gasteiger partial charge on any atom is 0.0475 e. The molecule has 2 aliphatic carbocycles. The summed E-state index contributed by atoms with van der Waals surface area (Å²) in [6.45, 7) is 7.01. The Labute approximate surface area is 123 Å². The summed E-state index contributed by atoms with van der Waals surface area (Å²) in [7, 11) is 0. The average Bonchev–Trinajstić information content (AvgIpc) is 3.31. The molecular weight excluding hydrogens is 244 g/mol. The van der Waals surface area contributed by atoms with Crippen molar-refractivity contribution in [1.29, 1.82) is 0 Å². The molecule has 0 heterocycles. The largest absolute Gasteiger partial charge is 0.312 e. The smallest absolute Gasteiger partial charge is 0.0475 e. The van der Waals surface area contributed by atoms with E-state index in [2.05, 4.69) is 54.4 Å². The van der Waals surface area contributed by atoms with Gasteiger partial charge in [-0.05, 0) is 37.2 Å². The molecule has 2 fully saturated rings. The van der Waals surface area contributed by atoms with Crippen LogP contribution in [-0.4, -0.2) is 30.1 Å². The third kappa shape index (κ3) is 3.83. The number of rotatable bonds is 8. The molecule has 0 aromatic heterocycles. The minimum atomic E-state index is 0.548. The van der Waals surface area contributed by atoms with Crippen LogP contribution in [0.5, 0.6) is 0 Å². The minimum absolute atomic E-state index is 0.548. The van der Waals surface area contributed by atoms with Crippen molar-refractivity contribution in [1.82, 2.24) is 10.2 Å². The zero-order chi connectivity index (χ0) is 13.9. The van der Waals surface area contributed by atoms with E-state index in [0.717, 1.165) is 24.5 Å². The molecule has 0 bridgehead atoms. The lowest BCUT2D eigenvalue weighted by atomic mass is 10.0. The predicted octanol–water partition coefficient (Wildman–Crippen LogP) is 3.60. The van der Waals surface area contributed by atoms with Crippen LogP contribution in [0.3, 0.4) is 0 Å². The van der Waals surface area contributed by atoms with Crippen LogP contribution in [0.1, 0.15) is 51.1 Å². The minimum Gasteiger partial charge on any atom is -0.312 e. The molecule has 2 nitrogen and oxygen atoms in total. The topological polar surface area (TPSA) is 15.3 Å². The Morgan fingerprint density at radius 3 is 2.35 bits per heavy atom. The van der Waals surface area contributed by atoms with Crippen LogP contribution in [0, 0.1) is 5.92 Å². The van der Waals surface area contributed by atoms with Crippen LogP contribution in [0.4, 0.5) is 0 Å². The van der Waals surface area contributed by atoms with Crippen LogP contribution < -0.4 is 5.32 Å². The van der Waals surface area contributed by atoms with Crippen molar-refractivity contribution >= 4 is 0 Å².